The van der Waals surface area contributed by atoms with Gasteiger partial charge in [0.1, 0.15) is 24.8 Å². The third-order valence-corrected chi connectivity index (χ3v) is 4.77. The van der Waals surface area contributed by atoms with E-state index in [0.29, 0.717) is 4.57 Å². The monoisotopic (exact) mass is 501 g/mol. The minimum absolute atomic E-state index is 0.0169. The van der Waals surface area contributed by atoms with E-state index < -0.39 is 84.6 Å². The number of carbonyl (C=O) groups excluding carboxylic acids is 2. The molecule has 0 amide bonds. The molecule has 0 aromatic carbocycles. The Balaban J connectivity index is 2.16. The van der Waals surface area contributed by atoms with Crippen LogP contribution in [0, 0.1) is 0 Å². The standard InChI is InChI=1S/C17H17F6N5O6/c1-6(29)32-4-9-10(18)11(33-7(2)30)13(34-9)28-12-8(3-25-14(24)26-12)27(15(28)31)5-16(19,20)17(21,22)23/h3,9-11,13H,4-5H2,1-2H3,(H2,24,25,26)/t9-,10-,11-,13-/m1/s1. The first-order valence-corrected chi connectivity index (χ1v) is 9.42. The number of rotatable bonds is 6. The first-order chi connectivity index (χ1) is 15.6. The third-order valence-electron chi connectivity index (χ3n) is 4.77. The maximum absolute atomic E-state index is 15.0. The lowest BCUT2D eigenvalue weighted by atomic mass is 10.1. The van der Waals surface area contributed by atoms with Gasteiger partial charge in [0.15, 0.2) is 24.2 Å². The minimum Gasteiger partial charge on any atom is -0.463 e. The van der Waals surface area contributed by atoms with Crippen LogP contribution in [0.15, 0.2) is 11.0 Å². The summed E-state index contributed by atoms with van der Waals surface area (Å²) in [5.74, 6) is -7.68. The number of esters is 2. The van der Waals surface area contributed by atoms with Crippen molar-refractivity contribution in [3.05, 3.63) is 16.7 Å². The van der Waals surface area contributed by atoms with Gasteiger partial charge in [-0.1, -0.05) is 0 Å². The van der Waals surface area contributed by atoms with Gasteiger partial charge < -0.3 is 19.9 Å². The van der Waals surface area contributed by atoms with Crippen molar-refractivity contribution in [1.29, 1.82) is 0 Å². The summed E-state index contributed by atoms with van der Waals surface area (Å²) >= 11 is 0. The largest absolute Gasteiger partial charge is 0.463 e. The van der Waals surface area contributed by atoms with E-state index in [-0.39, 0.29) is 4.57 Å². The quantitative estimate of drug-likeness (QED) is 0.455. The van der Waals surface area contributed by atoms with Crippen molar-refractivity contribution in [2.24, 2.45) is 0 Å². The molecule has 0 aliphatic carbocycles. The lowest BCUT2D eigenvalue weighted by molar-refractivity contribution is -0.286. The van der Waals surface area contributed by atoms with Gasteiger partial charge in [0.2, 0.25) is 5.95 Å². The van der Waals surface area contributed by atoms with Crippen LogP contribution in [-0.4, -0.2) is 68.1 Å². The maximum Gasteiger partial charge on any atom is 0.455 e. The van der Waals surface area contributed by atoms with Gasteiger partial charge in [0.25, 0.3) is 0 Å². The maximum atomic E-state index is 15.0. The predicted octanol–water partition coefficient (Wildman–Crippen LogP) is 1.10. The van der Waals surface area contributed by atoms with Gasteiger partial charge >= 0.3 is 29.7 Å². The Hall–Kier alpha value is -3.37. The zero-order chi connectivity index (χ0) is 25.6. The van der Waals surface area contributed by atoms with Gasteiger partial charge in [-0.3, -0.25) is 14.2 Å². The highest BCUT2D eigenvalue weighted by Gasteiger charge is 2.58. The summed E-state index contributed by atoms with van der Waals surface area (Å²) in [7, 11) is 0. The number of hydrogen-bond donors (Lipinski definition) is 1. The van der Waals surface area contributed by atoms with Crippen molar-refractivity contribution in [3.63, 3.8) is 0 Å². The number of nitrogens with two attached hydrogens (primary N) is 1. The number of halogens is 6. The minimum atomic E-state index is -6.00. The normalized spacial score (nSPS) is 23.3. The number of anilines is 1. The number of aromatic nitrogens is 4. The smallest absolute Gasteiger partial charge is 0.455 e. The number of carbonyl (C=O) groups is 2. The van der Waals surface area contributed by atoms with Gasteiger partial charge in [-0.15, -0.1) is 0 Å². The highest BCUT2D eigenvalue weighted by atomic mass is 19.4. The van der Waals surface area contributed by atoms with Crippen molar-refractivity contribution >= 4 is 29.1 Å². The van der Waals surface area contributed by atoms with E-state index in [9.17, 15) is 36.3 Å². The number of ether oxygens (including phenoxy) is 3. The molecule has 1 aliphatic rings. The van der Waals surface area contributed by atoms with Gasteiger partial charge in [-0.05, 0) is 0 Å². The van der Waals surface area contributed by atoms with Crippen molar-refractivity contribution in [3.8, 4) is 0 Å². The van der Waals surface area contributed by atoms with Gasteiger partial charge in [-0.2, -0.15) is 26.9 Å². The number of alkyl halides is 6. The Labute approximate surface area is 185 Å². The Morgan fingerprint density at radius 3 is 2.41 bits per heavy atom. The lowest BCUT2D eigenvalue weighted by Gasteiger charge is -2.20. The van der Waals surface area contributed by atoms with E-state index in [2.05, 4.69) is 14.7 Å². The molecule has 2 aromatic heterocycles. The van der Waals surface area contributed by atoms with E-state index in [1.54, 1.807) is 0 Å². The molecule has 0 spiro atoms. The van der Waals surface area contributed by atoms with Crippen molar-refractivity contribution in [1.82, 2.24) is 19.1 Å². The second-order valence-corrected chi connectivity index (χ2v) is 7.26. The number of hydrogen-bond acceptors (Lipinski definition) is 9. The first-order valence-electron chi connectivity index (χ1n) is 9.42. The number of nitrogens with zero attached hydrogens (tertiary/aromatic N) is 4. The van der Waals surface area contributed by atoms with Crippen LogP contribution in [0.3, 0.4) is 0 Å². The molecular weight excluding hydrogens is 484 g/mol. The molecule has 0 bridgehead atoms. The molecule has 2 aromatic rings. The second-order valence-electron chi connectivity index (χ2n) is 7.26. The molecule has 0 saturated carbocycles. The molecule has 0 radical (unpaired) electrons. The molecule has 3 heterocycles. The van der Waals surface area contributed by atoms with Crippen molar-refractivity contribution in [2.45, 2.75) is 57.1 Å². The van der Waals surface area contributed by atoms with Crippen LogP contribution in [0.25, 0.3) is 11.2 Å². The summed E-state index contributed by atoms with van der Waals surface area (Å²) < 4.78 is 96.3. The van der Waals surface area contributed by atoms with Crippen LogP contribution < -0.4 is 11.4 Å². The average Bonchev–Trinajstić information content (AvgIpc) is 3.12. The summed E-state index contributed by atoms with van der Waals surface area (Å²) in [5, 5.41) is 0. The third kappa shape index (κ3) is 4.64. The van der Waals surface area contributed by atoms with Crippen molar-refractivity contribution < 1.29 is 50.1 Å². The topological polar surface area (TPSA) is 141 Å². The molecule has 2 N–H and O–H groups in total. The fourth-order valence-electron chi connectivity index (χ4n) is 3.30. The summed E-state index contributed by atoms with van der Waals surface area (Å²) in [6, 6.07) is 0. The number of fused-ring (bicyclic) bond motifs is 1. The molecule has 11 nitrogen and oxygen atoms in total. The summed E-state index contributed by atoms with van der Waals surface area (Å²) in [4.78, 5) is 42.7. The highest BCUT2D eigenvalue weighted by Crippen LogP contribution is 2.38. The summed E-state index contributed by atoms with van der Waals surface area (Å²) in [5.41, 5.74) is 2.75. The van der Waals surface area contributed by atoms with Crippen LogP contribution in [0.5, 0.6) is 0 Å². The van der Waals surface area contributed by atoms with Gasteiger partial charge in [0.05, 0.1) is 6.20 Å². The Morgan fingerprint density at radius 2 is 1.85 bits per heavy atom. The SMILES string of the molecule is CC(=O)OC[C@H]1O[C@@H](n2c(=O)n(CC(F)(F)C(F)(F)F)c3cnc(N)nc32)[C@H](OC(C)=O)[C@@H]1F. The zero-order valence-corrected chi connectivity index (χ0v) is 17.4. The molecule has 1 fully saturated rings. The zero-order valence-electron chi connectivity index (χ0n) is 17.4. The Morgan fingerprint density at radius 1 is 1.21 bits per heavy atom. The summed E-state index contributed by atoms with van der Waals surface area (Å²) in [6.45, 7) is -0.921. The molecular formula is C17H17F6N5O6. The number of imidazole rings is 1. The molecule has 188 valence electrons. The van der Waals surface area contributed by atoms with Crippen LogP contribution >= 0.6 is 0 Å². The molecule has 1 aliphatic heterocycles. The van der Waals surface area contributed by atoms with Gasteiger partial charge in [0, 0.05) is 13.8 Å². The fraction of sp³-hybridized carbons (Fsp3) is 0.588. The molecule has 4 atom stereocenters. The van der Waals surface area contributed by atoms with Crippen LogP contribution in [-0.2, 0) is 30.3 Å². The highest BCUT2D eigenvalue weighted by molar-refractivity contribution is 5.72. The predicted molar refractivity (Wildman–Crippen MR) is 98.2 cm³/mol. The first kappa shape index (κ1) is 25.3. The molecule has 1 saturated heterocycles. The van der Waals surface area contributed by atoms with Gasteiger partial charge in [-0.25, -0.2) is 18.7 Å². The van der Waals surface area contributed by atoms with E-state index in [4.69, 9.17) is 15.2 Å². The molecule has 0 unspecified atom stereocenters. The Bertz CT molecular complexity index is 1160. The van der Waals surface area contributed by atoms with E-state index in [0.717, 1.165) is 20.0 Å². The van der Waals surface area contributed by atoms with E-state index >= 15 is 4.39 Å². The molecule has 17 heteroatoms. The van der Waals surface area contributed by atoms with Crippen LogP contribution in [0.2, 0.25) is 0 Å². The fourth-order valence-corrected chi connectivity index (χ4v) is 3.30. The van der Waals surface area contributed by atoms with E-state index in [1.807, 2.05) is 0 Å². The van der Waals surface area contributed by atoms with E-state index in [1.165, 1.54) is 0 Å². The Kier molecular flexibility index (Phi) is 6.51. The van der Waals surface area contributed by atoms with Crippen LogP contribution in [0.1, 0.15) is 20.1 Å². The average molecular weight is 501 g/mol. The number of nitrogen functional groups attached to an aromatic ring is 1. The molecule has 34 heavy (non-hydrogen) atoms. The lowest BCUT2D eigenvalue weighted by Crippen LogP contribution is -2.43. The molecule has 3 rings (SSSR count). The van der Waals surface area contributed by atoms with Crippen molar-refractivity contribution in [2.75, 3.05) is 12.3 Å². The van der Waals surface area contributed by atoms with Crippen LogP contribution in [0.4, 0.5) is 32.3 Å². The second kappa shape index (κ2) is 8.77. The summed E-state index contributed by atoms with van der Waals surface area (Å²) in [6.07, 6.45) is -12.8.